The van der Waals surface area contributed by atoms with Gasteiger partial charge in [0.05, 0.1) is 13.2 Å². The van der Waals surface area contributed by atoms with Crippen LogP contribution in [-0.2, 0) is 17.9 Å². The quantitative estimate of drug-likeness (QED) is 0.847. The molecule has 20 heavy (non-hydrogen) atoms. The zero-order chi connectivity index (χ0) is 14.5. The van der Waals surface area contributed by atoms with Crippen LogP contribution < -0.4 is 5.32 Å². The van der Waals surface area contributed by atoms with Gasteiger partial charge in [0.2, 0.25) is 0 Å². The fourth-order valence-electron chi connectivity index (χ4n) is 2.00. The van der Waals surface area contributed by atoms with Crippen molar-refractivity contribution >= 4 is 11.7 Å². The van der Waals surface area contributed by atoms with Gasteiger partial charge in [0.25, 0.3) is 0 Å². The molecule has 0 aliphatic heterocycles. The number of aryl methyl sites for hydroxylation is 1. The first-order valence-electron chi connectivity index (χ1n) is 6.25. The lowest BCUT2D eigenvalue weighted by Crippen LogP contribution is -2.02. The minimum absolute atomic E-state index is 0.201. The van der Waals surface area contributed by atoms with E-state index in [9.17, 15) is 4.79 Å². The Kier molecular flexibility index (Phi) is 4.42. The van der Waals surface area contributed by atoms with E-state index in [1.807, 2.05) is 24.3 Å². The van der Waals surface area contributed by atoms with Crippen LogP contribution in [0.4, 0.5) is 5.69 Å². The predicted molar refractivity (Wildman–Crippen MR) is 74.9 cm³/mol. The Labute approximate surface area is 117 Å². The number of hydrogen-bond donors (Lipinski definition) is 2. The highest BCUT2D eigenvalue weighted by molar-refractivity contribution is 5.88. The van der Waals surface area contributed by atoms with E-state index in [4.69, 9.17) is 14.3 Å². The number of rotatable bonds is 6. The van der Waals surface area contributed by atoms with Gasteiger partial charge in [-0.25, -0.2) is 4.79 Å². The lowest BCUT2D eigenvalue weighted by Gasteiger charge is -2.10. The molecule has 0 amide bonds. The van der Waals surface area contributed by atoms with Gasteiger partial charge in [0.15, 0.2) is 0 Å². The summed E-state index contributed by atoms with van der Waals surface area (Å²) < 4.78 is 10.6. The van der Waals surface area contributed by atoms with Crippen LogP contribution in [0, 0.1) is 6.92 Å². The van der Waals surface area contributed by atoms with Crippen molar-refractivity contribution < 1.29 is 19.1 Å². The van der Waals surface area contributed by atoms with E-state index in [0.717, 1.165) is 11.3 Å². The highest BCUT2D eigenvalue weighted by atomic mass is 16.5. The smallest absolute Gasteiger partial charge is 0.339 e. The summed E-state index contributed by atoms with van der Waals surface area (Å²) in [6.07, 6.45) is 0. The van der Waals surface area contributed by atoms with Crippen LogP contribution in [0.15, 0.2) is 34.7 Å². The van der Waals surface area contributed by atoms with Crippen LogP contribution in [-0.4, -0.2) is 18.2 Å². The zero-order valence-electron chi connectivity index (χ0n) is 11.5. The Morgan fingerprint density at radius 2 is 2.15 bits per heavy atom. The van der Waals surface area contributed by atoms with E-state index in [2.05, 4.69) is 5.32 Å². The third kappa shape index (κ3) is 3.19. The lowest BCUT2D eigenvalue weighted by atomic mass is 10.2. The standard InChI is InChI=1S/C15H17NO4/c1-10-13(15(17)18)7-12(20-10)8-16-14-6-4-3-5-11(14)9-19-2/h3-7,16H,8-9H2,1-2H3,(H,17,18). The van der Waals surface area contributed by atoms with Gasteiger partial charge in [-0.15, -0.1) is 0 Å². The van der Waals surface area contributed by atoms with Gasteiger partial charge in [0.1, 0.15) is 17.1 Å². The molecule has 2 N–H and O–H groups in total. The van der Waals surface area contributed by atoms with Crippen molar-refractivity contribution in [1.82, 2.24) is 0 Å². The molecule has 1 heterocycles. The van der Waals surface area contributed by atoms with Gasteiger partial charge in [-0.05, 0) is 19.1 Å². The average molecular weight is 275 g/mol. The number of benzene rings is 1. The molecule has 0 atom stereocenters. The number of aromatic carboxylic acids is 1. The molecule has 106 valence electrons. The molecule has 0 spiro atoms. The maximum Gasteiger partial charge on any atom is 0.339 e. The second kappa shape index (κ2) is 6.25. The van der Waals surface area contributed by atoms with Gasteiger partial charge in [-0.3, -0.25) is 0 Å². The molecule has 0 aliphatic rings. The van der Waals surface area contributed by atoms with Crippen LogP contribution in [0.3, 0.4) is 0 Å². The third-order valence-electron chi connectivity index (χ3n) is 2.97. The number of carboxylic acid groups (broad SMARTS) is 1. The molecule has 1 aromatic carbocycles. The molecule has 0 unspecified atom stereocenters. The van der Waals surface area contributed by atoms with Gasteiger partial charge in [0, 0.05) is 18.4 Å². The number of nitrogens with one attached hydrogen (secondary N) is 1. The first-order chi connectivity index (χ1) is 9.61. The highest BCUT2D eigenvalue weighted by Gasteiger charge is 2.13. The molecule has 0 saturated carbocycles. The maximum absolute atomic E-state index is 11.0. The molecule has 0 bridgehead atoms. The molecule has 5 heteroatoms. The Hall–Kier alpha value is -2.27. The topological polar surface area (TPSA) is 71.7 Å². The molecule has 2 aromatic rings. The number of anilines is 1. The van der Waals surface area contributed by atoms with Crippen molar-refractivity contribution in [3.8, 4) is 0 Å². The largest absolute Gasteiger partial charge is 0.478 e. The Morgan fingerprint density at radius 1 is 1.40 bits per heavy atom. The fourth-order valence-corrected chi connectivity index (χ4v) is 2.00. The number of ether oxygens (including phenoxy) is 1. The number of para-hydroxylation sites is 1. The van der Waals surface area contributed by atoms with E-state index < -0.39 is 5.97 Å². The molecule has 5 nitrogen and oxygen atoms in total. The van der Waals surface area contributed by atoms with Crippen LogP contribution >= 0.6 is 0 Å². The molecule has 0 fully saturated rings. The lowest BCUT2D eigenvalue weighted by molar-refractivity contribution is 0.0695. The summed E-state index contributed by atoms with van der Waals surface area (Å²) in [4.78, 5) is 11.0. The molecule has 0 radical (unpaired) electrons. The maximum atomic E-state index is 11.0. The van der Waals surface area contributed by atoms with E-state index in [-0.39, 0.29) is 5.56 Å². The summed E-state index contributed by atoms with van der Waals surface area (Å²) >= 11 is 0. The van der Waals surface area contributed by atoms with Crippen LogP contribution in [0.2, 0.25) is 0 Å². The third-order valence-corrected chi connectivity index (χ3v) is 2.97. The van der Waals surface area contributed by atoms with Crippen molar-refractivity contribution in [1.29, 1.82) is 0 Å². The normalized spacial score (nSPS) is 10.5. The molecule has 0 saturated heterocycles. The van der Waals surface area contributed by atoms with E-state index in [0.29, 0.717) is 24.7 Å². The molecule has 0 aliphatic carbocycles. The number of furan rings is 1. The Bertz CT molecular complexity index is 604. The minimum atomic E-state index is -0.975. The highest BCUT2D eigenvalue weighted by Crippen LogP contribution is 2.19. The van der Waals surface area contributed by atoms with Crippen LogP contribution in [0.5, 0.6) is 0 Å². The molecular formula is C15H17NO4. The van der Waals surface area contributed by atoms with E-state index in [1.165, 1.54) is 0 Å². The summed E-state index contributed by atoms with van der Waals surface area (Å²) in [6, 6.07) is 9.34. The van der Waals surface area contributed by atoms with Crippen molar-refractivity contribution in [3.05, 3.63) is 53.0 Å². The summed E-state index contributed by atoms with van der Waals surface area (Å²) in [7, 11) is 1.64. The summed E-state index contributed by atoms with van der Waals surface area (Å²) in [5.74, 6) is 0.0314. The van der Waals surface area contributed by atoms with Crippen LogP contribution in [0.25, 0.3) is 0 Å². The Balaban J connectivity index is 2.09. The van der Waals surface area contributed by atoms with Gasteiger partial charge >= 0.3 is 5.97 Å². The zero-order valence-corrected chi connectivity index (χ0v) is 11.5. The van der Waals surface area contributed by atoms with Crippen molar-refractivity contribution in [2.45, 2.75) is 20.1 Å². The number of carboxylic acids is 1. The number of methoxy groups -OCH3 is 1. The monoisotopic (exact) mass is 275 g/mol. The average Bonchev–Trinajstić information content (AvgIpc) is 2.79. The number of hydrogen-bond acceptors (Lipinski definition) is 4. The first kappa shape index (κ1) is 14.1. The fraction of sp³-hybridized carbons (Fsp3) is 0.267. The molecular weight excluding hydrogens is 258 g/mol. The molecule has 2 rings (SSSR count). The Morgan fingerprint density at radius 3 is 2.80 bits per heavy atom. The van der Waals surface area contributed by atoms with Gasteiger partial charge in [-0.1, -0.05) is 18.2 Å². The minimum Gasteiger partial charge on any atom is -0.478 e. The van der Waals surface area contributed by atoms with Crippen molar-refractivity contribution in [2.75, 3.05) is 12.4 Å². The number of carbonyl (C=O) groups is 1. The van der Waals surface area contributed by atoms with E-state index >= 15 is 0 Å². The van der Waals surface area contributed by atoms with Crippen LogP contribution in [0.1, 0.15) is 27.4 Å². The van der Waals surface area contributed by atoms with E-state index in [1.54, 1.807) is 20.1 Å². The second-order valence-corrected chi connectivity index (χ2v) is 4.43. The van der Waals surface area contributed by atoms with Crippen molar-refractivity contribution in [3.63, 3.8) is 0 Å². The first-order valence-corrected chi connectivity index (χ1v) is 6.25. The van der Waals surface area contributed by atoms with Gasteiger partial charge in [-0.2, -0.15) is 0 Å². The predicted octanol–water partition coefficient (Wildman–Crippen LogP) is 3.04. The summed E-state index contributed by atoms with van der Waals surface area (Å²) in [5, 5.41) is 12.2. The second-order valence-electron chi connectivity index (χ2n) is 4.43. The summed E-state index contributed by atoms with van der Waals surface area (Å²) in [6.45, 7) is 2.58. The SMILES string of the molecule is COCc1ccccc1NCc1cc(C(=O)O)c(C)o1. The molecule has 1 aromatic heterocycles. The van der Waals surface area contributed by atoms with Crippen molar-refractivity contribution in [2.24, 2.45) is 0 Å². The summed E-state index contributed by atoms with van der Waals surface area (Å²) in [5.41, 5.74) is 2.18. The van der Waals surface area contributed by atoms with Gasteiger partial charge < -0.3 is 19.6 Å².